The lowest BCUT2D eigenvalue weighted by Gasteiger charge is -2.04. The first kappa shape index (κ1) is 11.0. The van der Waals surface area contributed by atoms with Crippen LogP contribution in [0.2, 0.25) is 0 Å². The highest BCUT2D eigenvalue weighted by Crippen LogP contribution is 2.27. The molecule has 0 aliphatic heterocycles. The molecule has 0 aromatic heterocycles. The lowest BCUT2D eigenvalue weighted by Crippen LogP contribution is -2.11. The number of carbonyl (C=O) groups excluding carboxylic acids is 1. The molecule has 6 nitrogen and oxygen atoms in total. The standard InChI is InChI=1S/C9H10N2O4/c1-2-15-8-4-3-6(9(10)12)5-7(8)11(13)14/h3-5H,2H2,1H3,(H2,10,12). The predicted molar refractivity (Wildman–Crippen MR) is 52.8 cm³/mol. The van der Waals surface area contributed by atoms with E-state index >= 15 is 0 Å². The minimum absolute atomic E-state index is 0.0881. The first-order chi connectivity index (χ1) is 7.06. The zero-order valence-corrected chi connectivity index (χ0v) is 8.10. The van der Waals surface area contributed by atoms with E-state index in [1.54, 1.807) is 6.92 Å². The van der Waals surface area contributed by atoms with Crippen molar-refractivity contribution in [3.63, 3.8) is 0 Å². The quantitative estimate of drug-likeness (QED) is 0.594. The van der Waals surface area contributed by atoms with Crippen molar-refractivity contribution in [2.45, 2.75) is 6.92 Å². The van der Waals surface area contributed by atoms with Gasteiger partial charge in [0.25, 0.3) is 0 Å². The van der Waals surface area contributed by atoms with E-state index in [1.165, 1.54) is 12.1 Å². The van der Waals surface area contributed by atoms with E-state index < -0.39 is 10.8 Å². The lowest BCUT2D eigenvalue weighted by atomic mass is 10.2. The Balaban J connectivity index is 3.20. The number of nitrogens with two attached hydrogens (primary N) is 1. The highest BCUT2D eigenvalue weighted by atomic mass is 16.6. The monoisotopic (exact) mass is 210 g/mol. The predicted octanol–water partition coefficient (Wildman–Crippen LogP) is 1.09. The molecular weight excluding hydrogens is 200 g/mol. The Bertz CT molecular complexity index is 403. The summed E-state index contributed by atoms with van der Waals surface area (Å²) in [5.41, 5.74) is 4.84. The number of carbonyl (C=O) groups is 1. The van der Waals surface area contributed by atoms with Gasteiger partial charge in [-0.25, -0.2) is 0 Å². The van der Waals surface area contributed by atoms with E-state index in [1.807, 2.05) is 0 Å². The summed E-state index contributed by atoms with van der Waals surface area (Å²) in [5, 5.41) is 10.6. The largest absolute Gasteiger partial charge is 0.487 e. The number of nitro benzene ring substituents is 1. The molecule has 0 unspecified atom stereocenters. The zero-order valence-electron chi connectivity index (χ0n) is 8.10. The van der Waals surface area contributed by atoms with Crippen molar-refractivity contribution in [2.75, 3.05) is 6.61 Å². The van der Waals surface area contributed by atoms with E-state index in [2.05, 4.69) is 0 Å². The molecule has 80 valence electrons. The number of rotatable bonds is 4. The molecule has 2 N–H and O–H groups in total. The zero-order chi connectivity index (χ0) is 11.4. The number of hydrogen-bond donors (Lipinski definition) is 1. The first-order valence-corrected chi connectivity index (χ1v) is 4.27. The second-order valence-corrected chi connectivity index (χ2v) is 2.74. The van der Waals surface area contributed by atoms with Crippen LogP contribution < -0.4 is 10.5 Å². The number of ether oxygens (including phenoxy) is 1. The summed E-state index contributed by atoms with van der Waals surface area (Å²) < 4.78 is 5.04. The second kappa shape index (κ2) is 4.41. The Morgan fingerprint density at radius 2 is 2.27 bits per heavy atom. The van der Waals surface area contributed by atoms with Gasteiger partial charge in [-0.1, -0.05) is 0 Å². The second-order valence-electron chi connectivity index (χ2n) is 2.74. The number of primary amides is 1. The van der Waals surface area contributed by atoms with Crippen LogP contribution in [0.1, 0.15) is 17.3 Å². The highest BCUT2D eigenvalue weighted by molar-refractivity contribution is 5.93. The summed E-state index contributed by atoms with van der Waals surface area (Å²) in [6, 6.07) is 3.86. The van der Waals surface area contributed by atoms with Crippen LogP contribution in [-0.4, -0.2) is 17.4 Å². The Hall–Kier alpha value is -2.11. The molecule has 0 bridgehead atoms. The molecule has 1 aromatic rings. The minimum atomic E-state index is -0.707. The fourth-order valence-electron chi connectivity index (χ4n) is 1.09. The van der Waals surface area contributed by atoms with Gasteiger partial charge in [0.2, 0.25) is 5.91 Å². The molecule has 1 aromatic carbocycles. The SMILES string of the molecule is CCOc1ccc(C(N)=O)cc1[N+](=O)[O-]. The van der Waals surface area contributed by atoms with Crippen molar-refractivity contribution in [3.05, 3.63) is 33.9 Å². The highest BCUT2D eigenvalue weighted by Gasteiger charge is 2.17. The summed E-state index contributed by atoms with van der Waals surface area (Å²) in [6.45, 7) is 2.03. The van der Waals surface area contributed by atoms with Gasteiger partial charge in [0.05, 0.1) is 11.5 Å². The lowest BCUT2D eigenvalue weighted by molar-refractivity contribution is -0.385. The Morgan fingerprint density at radius 1 is 1.60 bits per heavy atom. The fourth-order valence-corrected chi connectivity index (χ4v) is 1.09. The first-order valence-electron chi connectivity index (χ1n) is 4.27. The van der Waals surface area contributed by atoms with Crippen LogP contribution in [0.3, 0.4) is 0 Å². The van der Waals surface area contributed by atoms with Crippen molar-refractivity contribution in [1.29, 1.82) is 0 Å². The third-order valence-electron chi connectivity index (χ3n) is 1.74. The topological polar surface area (TPSA) is 95.5 Å². The van der Waals surface area contributed by atoms with Gasteiger partial charge >= 0.3 is 5.69 Å². The van der Waals surface area contributed by atoms with Gasteiger partial charge in [0.1, 0.15) is 0 Å². The normalized spacial score (nSPS) is 9.67. The van der Waals surface area contributed by atoms with Gasteiger partial charge in [-0.15, -0.1) is 0 Å². The van der Waals surface area contributed by atoms with E-state index in [0.29, 0.717) is 6.61 Å². The summed E-state index contributed by atoms with van der Waals surface area (Å²) >= 11 is 0. The molecule has 0 saturated carbocycles. The summed E-state index contributed by atoms with van der Waals surface area (Å²) in [5.74, 6) is -0.575. The molecule has 0 saturated heterocycles. The molecule has 6 heteroatoms. The molecule has 0 aliphatic rings. The Labute approximate surface area is 85.8 Å². The molecule has 0 radical (unpaired) electrons. The Morgan fingerprint density at radius 3 is 2.73 bits per heavy atom. The molecule has 0 heterocycles. The maximum Gasteiger partial charge on any atom is 0.311 e. The molecule has 1 amide bonds. The van der Waals surface area contributed by atoms with Gasteiger partial charge in [-0.05, 0) is 19.1 Å². The molecule has 1 rings (SSSR count). The van der Waals surface area contributed by atoms with Crippen molar-refractivity contribution < 1.29 is 14.5 Å². The average Bonchev–Trinajstić information content (AvgIpc) is 2.18. The molecule has 0 aliphatic carbocycles. The number of nitro groups is 1. The third kappa shape index (κ3) is 2.43. The van der Waals surface area contributed by atoms with Gasteiger partial charge in [0.15, 0.2) is 5.75 Å². The molecular formula is C9H10N2O4. The summed E-state index contributed by atoms with van der Waals surface area (Å²) in [6.07, 6.45) is 0. The van der Waals surface area contributed by atoms with Crippen molar-refractivity contribution in [1.82, 2.24) is 0 Å². The van der Waals surface area contributed by atoms with Gasteiger partial charge in [0, 0.05) is 11.6 Å². The number of benzene rings is 1. The fraction of sp³-hybridized carbons (Fsp3) is 0.222. The number of hydrogen-bond acceptors (Lipinski definition) is 4. The average molecular weight is 210 g/mol. The van der Waals surface area contributed by atoms with Crippen LogP contribution in [0.15, 0.2) is 18.2 Å². The van der Waals surface area contributed by atoms with Crippen molar-refractivity contribution in [3.8, 4) is 5.75 Å². The van der Waals surface area contributed by atoms with Crippen molar-refractivity contribution >= 4 is 11.6 Å². The van der Waals surface area contributed by atoms with Gasteiger partial charge in [-0.3, -0.25) is 14.9 Å². The van der Waals surface area contributed by atoms with E-state index in [-0.39, 0.29) is 17.0 Å². The van der Waals surface area contributed by atoms with Crippen LogP contribution in [0.4, 0.5) is 5.69 Å². The molecule has 0 atom stereocenters. The van der Waals surface area contributed by atoms with Crippen LogP contribution in [0.5, 0.6) is 5.75 Å². The van der Waals surface area contributed by atoms with Gasteiger partial charge < -0.3 is 10.5 Å². The van der Waals surface area contributed by atoms with Crippen LogP contribution in [0.25, 0.3) is 0 Å². The van der Waals surface area contributed by atoms with Crippen LogP contribution in [0, 0.1) is 10.1 Å². The maximum atomic E-state index is 10.8. The molecule has 0 fully saturated rings. The summed E-state index contributed by atoms with van der Waals surface area (Å²) in [7, 11) is 0. The third-order valence-corrected chi connectivity index (χ3v) is 1.74. The van der Waals surface area contributed by atoms with Crippen LogP contribution >= 0.6 is 0 Å². The van der Waals surface area contributed by atoms with Crippen molar-refractivity contribution in [2.24, 2.45) is 5.73 Å². The maximum absolute atomic E-state index is 10.8. The van der Waals surface area contributed by atoms with E-state index in [0.717, 1.165) is 6.07 Å². The van der Waals surface area contributed by atoms with Crippen LogP contribution in [-0.2, 0) is 0 Å². The summed E-state index contributed by atoms with van der Waals surface area (Å²) in [4.78, 5) is 20.8. The molecule has 15 heavy (non-hydrogen) atoms. The van der Waals surface area contributed by atoms with E-state index in [4.69, 9.17) is 10.5 Å². The Kier molecular flexibility index (Phi) is 3.22. The van der Waals surface area contributed by atoms with Gasteiger partial charge in [-0.2, -0.15) is 0 Å². The number of nitrogens with zero attached hydrogens (tertiary/aromatic N) is 1. The molecule has 0 spiro atoms. The smallest absolute Gasteiger partial charge is 0.311 e. The number of amides is 1. The minimum Gasteiger partial charge on any atom is -0.487 e. The van der Waals surface area contributed by atoms with E-state index in [9.17, 15) is 14.9 Å².